The predicted octanol–water partition coefficient (Wildman–Crippen LogP) is 4.07. The summed E-state index contributed by atoms with van der Waals surface area (Å²) < 4.78 is 2.13. The molecule has 3 nitrogen and oxygen atoms in total. The summed E-state index contributed by atoms with van der Waals surface area (Å²) in [5, 5.41) is 0. The number of aryl methyl sites for hydroxylation is 3. The number of aromatic nitrogens is 3. The number of pyridine rings is 1. The van der Waals surface area contributed by atoms with Crippen molar-refractivity contribution >= 4 is 22.8 Å². The fraction of sp³-hybridized carbons (Fsp3) is 0.294. The fourth-order valence-corrected chi connectivity index (χ4v) is 2.75. The van der Waals surface area contributed by atoms with E-state index in [1.54, 1.807) is 0 Å². The van der Waals surface area contributed by atoms with Crippen LogP contribution in [0.3, 0.4) is 0 Å². The van der Waals surface area contributed by atoms with Gasteiger partial charge in [-0.05, 0) is 42.7 Å². The molecule has 1 aromatic carbocycles. The Bertz CT molecular complexity index is 777. The topological polar surface area (TPSA) is 30.7 Å². The van der Waals surface area contributed by atoms with Gasteiger partial charge >= 0.3 is 0 Å². The Morgan fingerprint density at radius 1 is 1.24 bits per heavy atom. The molecule has 0 aliphatic heterocycles. The summed E-state index contributed by atoms with van der Waals surface area (Å²) >= 11 is 5.95. The fourth-order valence-electron chi connectivity index (χ4n) is 2.58. The van der Waals surface area contributed by atoms with Gasteiger partial charge in [-0.1, -0.05) is 19.1 Å². The van der Waals surface area contributed by atoms with Gasteiger partial charge < -0.3 is 0 Å². The Morgan fingerprint density at radius 2 is 2.10 bits per heavy atom. The average molecular weight is 300 g/mol. The van der Waals surface area contributed by atoms with Gasteiger partial charge in [-0.25, -0.2) is 9.97 Å². The van der Waals surface area contributed by atoms with Crippen molar-refractivity contribution in [2.75, 3.05) is 5.88 Å². The van der Waals surface area contributed by atoms with E-state index in [-0.39, 0.29) is 0 Å². The van der Waals surface area contributed by atoms with Crippen molar-refractivity contribution in [3.05, 3.63) is 53.5 Å². The molecule has 0 unspecified atom stereocenters. The van der Waals surface area contributed by atoms with E-state index < -0.39 is 0 Å². The summed E-state index contributed by atoms with van der Waals surface area (Å²) in [6, 6.07) is 10.5. The number of rotatable bonds is 4. The Labute approximate surface area is 129 Å². The van der Waals surface area contributed by atoms with E-state index in [0.29, 0.717) is 5.88 Å². The first kappa shape index (κ1) is 14.1. The molecule has 2 heterocycles. The van der Waals surface area contributed by atoms with Crippen LogP contribution in [-0.2, 0) is 12.8 Å². The molecular weight excluding hydrogens is 282 g/mol. The summed E-state index contributed by atoms with van der Waals surface area (Å²) in [7, 11) is 0. The number of hydrogen-bond acceptors (Lipinski definition) is 2. The Balaban J connectivity index is 2.28. The molecule has 2 aromatic heterocycles. The third-order valence-corrected chi connectivity index (χ3v) is 3.90. The highest BCUT2D eigenvalue weighted by atomic mass is 35.5. The summed E-state index contributed by atoms with van der Waals surface area (Å²) in [6.45, 7) is 4.22. The predicted molar refractivity (Wildman–Crippen MR) is 87.4 cm³/mol. The lowest BCUT2D eigenvalue weighted by molar-refractivity contribution is 0.903. The summed E-state index contributed by atoms with van der Waals surface area (Å²) in [5.74, 6) is 1.52. The van der Waals surface area contributed by atoms with Crippen molar-refractivity contribution in [1.29, 1.82) is 0 Å². The van der Waals surface area contributed by atoms with E-state index in [4.69, 9.17) is 16.6 Å². The second-order valence-corrected chi connectivity index (χ2v) is 5.50. The van der Waals surface area contributed by atoms with Crippen LogP contribution in [-0.4, -0.2) is 20.4 Å². The van der Waals surface area contributed by atoms with E-state index in [1.807, 2.05) is 12.3 Å². The van der Waals surface area contributed by atoms with Gasteiger partial charge in [0, 0.05) is 24.2 Å². The number of benzene rings is 1. The van der Waals surface area contributed by atoms with Crippen LogP contribution in [0.5, 0.6) is 0 Å². The molecule has 0 spiro atoms. The van der Waals surface area contributed by atoms with Gasteiger partial charge in [0.05, 0.1) is 0 Å². The number of halogens is 1. The lowest BCUT2D eigenvalue weighted by Crippen LogP contribution is -2.03. The number of fused-ring (bicyclic) bond motifs is 1. The van der Waals surface area contributed by atoms with Gasteiger partial charge in [0.25, 0.3) is 0 Å². The highest BCUT2D eigenvalue weighted by Crippen LogP contribution is 2.23. The highest BCUT2D eigenvalue weighted by Gasteiger charge is 2.14. The van der Waals surface area contributed by atoms with Crippen molar-refractivity contribution in [3.8, 4) is 5.69 Å². The average Bonchev–Trinajstić information content (AvgIpc) is 2.87. The van der Waals surface area contributed by atoms with Crippen molar-refractivity contribution in [2.24, 2.45) is 0 Å². The highest BCUT2D eigenvalue weighted by molar-refractivity contribution is 6.17. The van der Waals surface area contributed by atoms with Gasteiger partial charge in [0.15, 0.2) is 5.65 Å². The van der Waals surface area contributed by atoms with Gasteiger partial charge in [-0.2, -0.15) is 0 Å². The zero-order valence-corrected chi connectivity index (χ0v) is 13.1. The van der Waals surface area contributed by atoms with E-state index in [2.05, 4.69) is 47.7 Å². The third-order valence-electron chi connectivity index (χ3n) is 3.71. The minimum atomic E-state index is 0.551. The first-order chi connectivity index (χ1) is 10.2. The Kier molecular flexibility index (Phi) is 3.93. The van der Waals surface area contributed by atoms with Crippen LogP contribution in [0.15, 0.2) is 36.5 Å². The quantitative estimate of drug-likeness (QED) is 0.680. The van der Waals surface area contributed by atoms with E-state index in [1.165, 1.54) is 5.56 Å². The van der Waals surface area contributed by atoms with E-state index in [0.717, 1.165) is 41.1 Å². The van der Waals surface area contributed by atoms with Gasteiger partial charge in [0.2, 0.25) is 0 Å². The molecular formula is C17H18ClN3. The molecule has 0 atom stereocenters. The third kappa shape index (κ3) is 2.54. The summed E-state index contributed by atoms with van der Waals surface area (Å²) in [5.41, 5.74) is 5.41. The smallest absolute Gasteiger partial charge is 0.164 e. The molecule has 3 aromatic rings. The number of hydrogen-bond donors (Lipinski definition) is 0. The second-order valence-electron chi connectivity index (χ2n) is 5.13. The molecule has 0 amide bonds. The summed E-state index contributed by atoms with van der Waals surface area (Å²) in [4.78, 5) is 9.28. The minimum absolute atomic E-state index is 0.551. The van der Waals surface area contributed by atoms with Crippen molar-refractivity contribution in [2.45, 2.75) is 26.7 Å². The van der Waals surface area contributed by atoms with Crippen molar-refractivity contribution < 1.29 is 0 Å². The van der Waals surface area contributed by atoms with Gasteiger partial charge in [-0.15, -0.1) is 11.6 Å². The molecule has 0 N–H and O–H groups in total. The number of alkyl halides is 1. The molecule has 21 heavy (non-hydrogen) atoms. The molecule has 0 fully saturated rings. The normalized spacial score (nSPS) is 11.2. The van der Waals surface area contributed by atoms with Crippen LogP contribution in [0.2, 0.25) is 0 Å². The molecule has 0 aliphatic carbocycles. The minimum Gasteiger partial charge on any atom is -0.281 e. The monoisotopic (exact) mass is 299 g/mol. The maximum atomic E-state index is 5.95. The first-order valence-corrected chi connectivity index (χ1v) is 7.76. The zero-order chi connectivity index (χ0) is 14.8. The summed E-state index contributed by atoms with van der Waals surface area (Å²) in [6.07, 6.45) is 3.58. The molecule has 108 valence electrons. The standard InChI is InChI=1S/C17H18ClN3/c1-3-13-5-4-6-14(11-13)21-15(7-9-18)20-16-12(2)8-10-19-17(16)21/h4-6,8,10-11H,3,7,9H2,1-2H3. The molecule has 3 rings (SSSR count). The van der Waals surface area contributed by atoms with Crippen LogP contribution < -0.4 is 0 Å². The zero-order valence-electron chi connectivity index (χ0n) is 12.3. The lowest BCUT2D eigenvalue weighted by atomic mass is 10.1. The molecule has 0 radical (unpaired) electrons. The van der Waals surface area contributed by atoms with E-state index >= 15 is 0 Å². The van der Waals surface area contributed by atoms with Gasteiger partial charge in [0.1, 0.15) is 11.3 Å². The van der Waals surface area contributed by atoms with Crippen LogP contribution >= 0.6 is 11.6 Å². The van der Waals surface area contributed by atoms with Crippen molar-refractivity contribution in [3.63, 3.8) is 0 Å². The largest absolute Gasteiger partial charge is 0.281 e. The molecule has 0 saturated carbocycles. The maximum Gasteiger partial charge on any atom is 0.164 e. The number of imidazole rings is 1. The van der Waals surface area contributed by atoms with Crippen LogP contribution in [0.4, 0.5) is 0 Å². The Hall–Kier alpha value is -1.87. The Morgan fingerprint density at radius 3 is 2.86 bits per heavy atom. The van der Waals surface area contributed by atoms with Crippen LogP contribution in [0, 0.1) is 6.92 Å². The maximum absolute atomic E-state index is 5.95. The SMILES string of the molecule is CCc1cccc(-n2c(CCCl)nc3c(C)ccnc32)c1. The van der Waals surface area contributed by atoms with Crippen molar-refractivity contribution in [1.82, 2.24) is 14.5 Å². The van der Waals surface area contributed by atoms with E-state index in [9.17, 15) is 0 Å². The molecule has 0 bridgehead atoms. The molecule has 4 heteroatoms. The van der Waals surface area contributed by atoms with Crippen LogP contribution in [0.1, 0.15) is 23.9 Å². The second kappa shape index (κ2) is 5.86. The first-order valence-electron chi connectivity index (χ1n) is 7.22. The lowest BCUT2D eigenvalue weighted by Gasteiger charge is -2.09. The molecule has 0 aliphatic rings. The number of nitrogens with zero attached hydrogens (tertiary/aromatic N) is 3. The van der Waals surface area contributed by atoms with Crippen LogP contribution in [0.25, 0.3) is 16.9 Å². The van der Waals surface area contributed by atoms with Gasteiger partial charge in [-0.3, -0.25) is 4.57 Å². The molecule has 0 saturated heterocycles.